The van der Waals surface area contributed by atoms with Gasteiger partial charge in [-0.15, -0.1) is 0 Å². The van der Waals surface area contributed by atoms with E-state index in [0.29, 0.717) is 16.0 Å². The van der Waals surface area contributed by atoms with Crippen molar-refractivity contribution in [3.8, 4) is 0 Å². The van der Waals surface area contributed by atoms with E-state index in [-0.39, 0.29) is 22.2 Å². The van der Waals surface area contributed by atoms with Crippen molar-refractivity contribution >= 4 is 28.7 Å². The minimum Gasteiger partial charge on any atom is -0.324 e. The lowest BCUT2D eigenvalue weighted by molar-refractivity contribution is -0.0584. The lowest BCUT2D eigenvalue weighted by atomic mass is 10.1. The molecule has 4 rings (SSSR count). The van der Waals surface area contributed by atoms with Gasteiger partial charge in [-0.1, -0.05) is 17.2 Å². The predicted molar refractivity (Wildman–Crippen MR) is 84.7 cm³/mol. The number of nitrogens with zero attached hydrogens (tertiary/aromatic N) is 2. The quantitative estimate of drug-likeness (QED) is 0.707. The Balaban J connectivity index is 1.64. The minimum atomic E-state index is -0.904. The Morgan fingerprint density at radius 3 is 2.36 bits per heavy atom. The lowest BCUT2D eigenvalue weighted by Gasteiger charge is -2.12. The summed E-state index contributed by atoms with van der Waals surface area (Å²) in [5, 5.41) is 0.738. The van der Waals surface area contributed by atoms with E-state index in [2.05, 4.69) is 9.97 Å². The van der Waals surface area contributed by atoms with Gasteiger partial charge in [0, 0.05) is 0 Å². The molecule has 3 aromatic rings. The first-order chi connectivity index (χ1) is 12.1. The Labute approximate surface area is 139 Å². The highest BCUT2D eigenvalue weighted by Crippen LogP contribution is 2.23. The van der Waals surface area contributed by atoms with Crippen LogP contribution in [0.5, 0.6) is 0 Å². The number of aromatic amines is 1. The first kappa shape index (κ1) is 14.8. The molecule has 0 aliphatic carbocycles. The second-order valence-electron chi connectivity index (χ2n) is 5.29. The third kappa shape index (κ3) is 2.27. The molecule has 8 nitrogen and oxygen atoms in total. The highest BCUT2D eigenvalue weighted by atomic mass is 16.7. The van der Waals surface area contributed by atoms with Gasteiger partial charge in [0.25, 0.3) is 17.4 Å². The molecule has 0 spiro atoms. The largest absolute Gasteiger partial charge is 0.364 e. The Kier molecular flexibility index (Phi) is 3.17. The van der Waals surface area contributed by atoms with Crippen molar-refractivity contribution in [1.29, 1.82) is 0 Å². The van der Waals surface area contributed by atoms with Crippen molar-refractivity contribution in [3.05, 3.63) is 75.8 Å². The molecule has 0 unspecified atom stereocenters. The summed E-state index contributed by atoms with van der Waals surface area (Å²) >= 11 is 0. The average Bonchev–Trinajstić information content (AvgIpc) is 2.87. The summed E-state index contributed by atoms with van der Waals surface area (Å²) in [6.07, 6.45) is 1.21. The van der Waals surface area contributed by atoms with Crippen molar-refractivity contribution in [1.82, 2.24) is 15.0 Å². The van der Waals surface area contributed by atoms with E-state index in [1.807, 2.05) is 0 Å². The van der Waals surface area contributed by atoms with E-state index in [1.165, 1.54) is 36.7 Å². The van der Waals surface area contributed by atoms with Crippen molar-refractivity contribution in [2.45, 2.75) is 0 Å². The van der Waals surface area contributed by atoms with E-state index in [1.54, 1.807) is 12.1 Å². The number of carbonyl (C=O) groups is 3. The van der Waals surface area contributed by atoms with Crippen molar-refractivity contribution in [3.63, 3.8) is 0 Å². The van der Waals surface area contributed by atoms with Gasteiger partial charge in [0.1, 0.15) is 0 Å². The number of aromatic nitrogens is 2. The number of hydrogen-bond donors (Lipinski definition) is 1. The highest BCUT2D eigenvalue weighted by Gasteiger charge is 2.38. The smallest absolute Gasteiger partial charge is 0.324 e. The van der Waals surface area contributed by atoms with E-state index in [9.17, 15) is 19.2 Å². The average molecular weight is 335 g/mol. The van der Waals surface area contributed by atoms with Crippen LogP contribution in [-0.4, -0.2) is 32.8 Å². The Hall–Kier alpha value is -3.81. The number of fused-ring (bicyclic) bond motifs is 2. The molecular weight excluding hydrogens is 326 g/mol. The number of hydroxylamine groups is 2. The van der Waals surface area contributed by atoms with Crippen molar-refractivity contribution in [2.75, 3.05) is 0 Å². The Morgan fingerprint density at radius 2 is 1.68 bits per heavy atom. The monoisotopic (exact) mass is 335 g/mol. The Bertz CT molecular complexity index is 1080. The van der Waals surface area contributed by atoms with E-state index in [4.69, 9.17) is 4.84 Å². The molecule has 0 saturated carbocycles. The molecule has 2 amide bonds. The molecule has 1 aromatic heterocycles. The summed E-state index contributed by atoms with van der Waals surface area (Å²) in [5.41, 5.74) is 0.354. The summed E-state index contributed by atoms with van der Waals surface area (Å²) < 4.78 is 0. The SMILES string of the molecule is O=C(ON1C(=O)c2ccccc2C1=O)c1ccc2c(=O)[nH]cnc2c1. The zero-order valence-corrected chi connectivity index (χ0v) is 12.6. The van der Waals surface area contributed by atoms with Gasteiger partial charge in [-0.2, -0.15) is 0 Å². The van der Waals surface area contributed by atoms with Crippen LogP contribution >= 0.6 is 0 Å². The van der Waals surface area contributed by atoms with E-state index >= 15 is 0 Å². The van der Waals surface area contributed by atoms with E-state index in [0.717, 1.165) is 0 Å². The normalized spacial score (nSPS) is 13.2. The molecule has 0 atom stereocenters. The molecular formula is C17H9N3O5. The minimum absolute atomic E-state index is 0.0576. The fraction of sp³-hybridized carbons (Fsp3) is 0. The van der Waals surface area contributed by atoms with Crippen LogP contribution in [0.4, 0.5) is 0 Å². The van der Waals surface area contributed by atoms with Crippen molar-refractivity contribution in [2.24, 2.45) is 0 Å². The summed E-state index contributed by atoms with van der Waals surface area (Å²) in [6, 6.07) is 10.3. The summed E-state index contributed by atoms with van der Waals surface area (Å²) in [5.74, 6) is -2.31. The van der Waals surface area contributed by atoms with Gasteiger partial charge in [0.15, 0.2) is 0 Å². The molecule has 122 valence electrons. The van der Waals surface area contributed by atoms with Crippen LogP contribution in [0.25, 0.3) is 10.9 Å². The molecule has 1 N–H and O–H groups in total. The lowest BCUT2D eigenvalue weighted by Crippen LogP contribution is -2.32. The summed E-state index contributed by atoms with van der Waals surface area (Å²) in [4.78, 5) is 59.7. The van der Waals surface area contributed by atoms with Crippen LogP contribution in [0.2, 0.25) is 0 Å². The fourth-order valence-corrected chi connectivity index (χ4v) is 2.58. The number of amides is 2. The number of nitrogens with one attached hydrogen (secondary N) is 1. The fourth-order valence-electron chi connectivity index (χ4n) is 2.58. The number of hydrogen-bond acceptors (Lipinski definition) is 6. The number of imide groups is 1. The first-order valence-corrected chi connectivity index (χ1v) is 7.24. The van der Waals surface area contributed by atoms with Crippen LogP contribution in [0.15, 0.2) is 53.6 Å². The maximum Gasteiger partial charge on any atom is 0.364 e. The second kappa shape index (κ2) is 5.38. The van der Waals surface area contributed by atoms with Gasteiger partial charge in [-0.25, -0.2) is 9.78 Å². The number of carbonyl (C=O) groups excluding carboxylic acids is 3. The molecule has 25 heavy (non-hydrogen) atoms. The van der Waals surface area contributed by atoms with Crippen LogP contribution in [0, 0.1) is 0 Å². The third-order valence-corrected chi connectivity index (χ3v) is 3.81. The second-order valence-corrected chi connectivity index (χ2v) is 5.29. The zero-order valence-electron chi connectivity index (χ0n) is 12.6. The first-order valence-electron chi connectivity index (χ1n) is 7.24. The number of H-pyrrole nitrogens is 1. The van der Waals surface area contributed by atoms with Gasteiger partial charge >= 0.3 is 5.97 Å². The van der Waals surface area contributed by atoms with Crippen LogP contribution in [0.3, 0.4) is 0 Å². The van der Waals surface area contributed by atoms with Gasteiger partial charge in [-0.3, -0.25) is 14.4 Å². The summed E-state index contributed by atoms with van der Waals surface area (Å²) in [7, 11) is 0. The maximum absolute atomic E-state index is 12.3. The molecule has 2 heterocycles. The van der Waals surface area contributed by atoms with Gasteiger partial charge in [0.2, 0.25) is 0 Å². The highest BCUT2D eigenvalue weighted by molar-refractivity contribution is 6.21. The molecule has 2 aromatic carbocycles. The Morgan fingerprint density at radius 1 is 1.00 bits per heavy atom. The van der Waals surface area contributed by atoms with Gasteiger partial charge in [0.05, 0.1) is 33.9 Å². The molecule has 0 bridgehead atoms. The molecule has 0 fully saturated rings. The summed E-state index contributed by atoms with van der Waals surface area (Å²) in [6.45, 7) is 0. The molecule has 1 aliphatic rings. The third-order valence-electron chi connectivity index (χ3n) is 3.81. The van der Waals surface area contributed by atoms with Crippen LogP contribution < -0.4 is 5.56 Å². The molecule has 0 saturated heterocycles. The maximum atomic E-state index is 12.3. The predicted octanol–water partition coefficient (Wildman–Crippen LogP) is 1.29. The molecule has 1 aliphatic heterocycles. The van der Waals surface area contributed by atoms with Crippen LogP contribution in [0.1, 0.15) is 31.1 Å². The van der Waals surface area contributed by atoms with Crippen molar-refractivity contribution < 1.29 is 19.2 Å². The molecule has 8 heteroatoms. The van der Waals surface area contributed by atoms with Crippen LogP contribution in [-0.2, 0) is 4.84 Å². The molecule has 0 radical (unpaired) electrons. The van der Waals surface area contributed by atoms with E-state index < -0.39 is 17.8 Å². The number of benzene rings is 2. The number of rotatable bonds is 2. The van der Waals surface area contributed by atoms with Gasteiger partial charge in [-0.05, 0) is 30.3 Å². The zero-order chi connectivity index (χ0) is 17.6. The topological polar surface area (TPSA) is 109 Å². The standard InChI is InChI=1S/C17H9N3O5/c21-14-12-6-5-9(7-13(12)18-8-19-14)17(24)25-20-15(22)10-3-1-2-4-11(10)16(20)23/h1-8H,(H,18,19,21). The van der Waals surface area contributed by atoms with Gasteiger partial charge < -0.3 is 9.82 Å².